The molecule has 0 aromatic heterocycles. The van der Waals surface area contributed by atoms with Crippen LogP contribution < -0.4 is 9.46 Å². The van der Waals surface area contributed by atoms with Crippen LogP contribution in [0.15, 0.2) is 82.6 Å². The molecule has 3 aromatic carbocycles. The summed E-state index contributed by atoms with van der Waals surface area (Å²) in [7, 11) is -3.63. The van der Waals surface area contributed by atoms with Gasteiger partial charge in [-0.1, -0.05) is 36.4 Å². The summed E-state index contributed by atoms with van der Waals surface area (Å²) in [4.78, 5) is 2.81. The number of sulfonamides is 1. The molecule has 6 nitrogen and oxygen atoms in total. The minimum absolute atomic E-state index is 0.206. The molecule has 0 aliphatic carbocycles. The molecule has 3 aromatic rings. The van der Waals surface area contributed by atoms with Gasteiger partial charge in [-0.3, -0.25) is 4.90 Å². The van der Waals surface area contributed by atoms with Crippen molar-refractivity contribution in [2.45, 2.75) is 35.2 Å². The molecule has 0 bridgehead atoms. The van der Waals surface area contributed by atoms with E-state index in [-0.39, 0.29) is 11.1 Å². The zero-order valence-electron chi connectivity index (χ0n) is 18.7. The van der Waals surface area contributed by atoms with Crippen molar-refractivity contribution in [2.75, 3.05) is 19.7 Å². The smallest absolute Gasteiger partial charge is 0.243 e. The van der Waals surface area contributed by atoms with Gasteiger partial charge in [-0.15, -0.1) is 12.6 Å². The van der Waals surface area contributed by atoms with E-state index in [1.807, 2.05) is 48.5 Å². The predicted octanol–water partition coefficient (Wildman–Crippen LogP) is 4.68. The molecule has 0 spiro atoms. The standard InChI is InChI=1S/C26H27N3O3S2/c27-19-20-8-10-21(11-9-20)22-12-14-23(15-13-22)32-18-4-17-29-16-3-7-26(29)28-34(30,31)25-6-2-1-5-24(25)33/h1-2,5-6,8-15,26,28,33H,3-4,7,16-18H2. The lowest BCUT2D eigenvalue weighted by molar-refractivity contribution is 0.213. The van der Waals surface area contributed by atoms with Crippen molar-refractivity contribution in [1.29, 1.82) is 5.26 Å². The molecule has 1 unspecified atom stereocenters. The van der Waals surface area contributed by atoms with Gasteiger partial charge in [0, 0.05) is 11.4 Å². The predicted molar refractivity (Wildman–Crippen MR) is 135 cm³/mol. The van der Waals surface area contributed by atoms with Crippen LogP contribution in [0.2, 0.25) is 0 Å². The summed E-state index contributed by atoms with van der Waals surface area (Å²) in [5.41, 5.74) is 2.75. The van der Waals surface area contributed by atoms with E-state index >= 15 is 0 Å². The summed E-state index contributed by atoms with van der Waals surface area (Å²) >= 11 is 4.29. The molecule has 4 rings (SSSR count). The second kappa shape index (κ2) is 11.1. The van der Waals surface area contributed by atoms with E-state index in [1.165, 1.54) is 0 Å². The molecule has 1 aliphatic heterocycles. The van der Waals surface area contributed by atoms with Crippen LogP contribution in [0.1, 0.15) is 24.8 Å². The van der Waals surface area contributed by atoms with Crippen molar-refractivity contribution in [3.8, 4) is 22.9 Å². The summed E-state index contributed by atoms with van der Waals surface area (Å²) in [5, 5.41) is 8.93. The van der Waals surface area contributed by atoms with Crippen molar-refractivity contribution in [1.82, 2.24) is 9.62 Å². The molecule has 1 saturated heterocycles. The van der Waals surface area contributed by atoms with Crippen LogP contribution >= 0.6 is 12.6 Å². The summed E-state index contributed by atoms with van der Waals surface area (Å²) in [6.07, 6.45) is 2.31. The molecule has 176 valence electrons. The third-order valence-corrected chi connectivity index (χ3v) is 7.93. The summed E-state index contributed by atoms with van der Waals surface area (Å²) in [5.74, 6) is 0.793. The van der Waals surface area contributed by atoms with Gasteiger partial charge in [-0.2, -0.15) is 9.98 Å². The monoisotopic (exact) mass is 493 g/mol. The van der Waals surface area contributed by atoms with Crippen LogP contribution in [0.4, 0.5) is 0 Å². The largest absolute Gasteiger partial charge is 0.494 e. The lowest BCUT2D eigenvalue weighted by Crippen LogP contribution is -2.44. The van der Waals surface area contributed by atoms with E-state index in [2.05, 4.69) is 28.3 Å². The summed E-state index contributed by atoms with van der Waals surface area (Å²) in [6.45, 7) is 2.15. The van der Waals surface area contributed by atoms with Gasteiger partial charge in [0.05, 0.1) is 29.3 Å². The van der Waals surface area contributed by atoms with Crippen LogP contribution in [-0.4, -0.2) is 39.2 Å². The van der Waals surface area contributed by atoms with Gasteiger partial charge in [0.25, 0.3) is 0 Å². The highest BCUT2D eigenvalue weighted by molar-refractivity contribution is 7.90. The van der Waals surface area contributed by atoms with E-state index in [9.17, 15) is 8.42 Å². The first kappa shape index (κ1) is 24.3. The fraction of sp³-hybridized carbons (Fsp3) is 0.269. The van der Waals surface area contributed by atoms with Gasteiger partial charge in [-0.25, -0.2) is 8.42 Å². The van der Waals surface area contributed by atoms with Gasteiger partial charge in [0.2, 0.25) is 10.0 Å². The Hall–Kier alpha value is -2.83. The maximum Gasteiger partial charge on any atom is 0.243 e. The number of nitrogens with zero attached hydrogens (tertiary/aromatic N) is 2. The Morgan fingerprint density at radius 1 is 1.03 bits per heavy atom. The molecule has 1 heterocycles. The fourth-order valence-corrected chi connectivity index (χ4v) is 5.97. The van der Waals surface area contributed by atoms with Crippen molar-refractivity contribution in [2.24, 2.45) is 0 Å². The van der Waals surface area contributed by atoms with Gasteiger partial charge in [-0.05, 0) is 73.3 Å². The van der Waals surface area contributed by atoms with E-state index in [4.69, 9.17) is 10.00 Å². The maximum absolute atomic E-state index is 12.8. The number of thiol groups is 1. The molecule has 1 aliphatic rings. The van der Waals surface area contributed by atoms with Gasteiger partial charge in [0.1, 0.15) is 5.75 Å². The number of ether oxygens (including phenoxy) is 1. The molecule has 0 radical (unpaired) electrons. The second-order valence-corrected chi connectivity index (χ2v) is 10.4. The maximum atomic E-state index is 12.8. The van der Waals surface area contributed by atoms with Crippen LogP contribution in [0, 0.1) is 11.3 Å². The Morgan fingerprint density at radius 3 is 2.38 bits per heavy atom. The van der Waals surface area contributed by atoms with E-state index < -0.39 is 10.0 Å². The Bertz CT molecular complexity index is 1250. The van der Waals surface area contributed by atoms with Crippen LogP contribution in [0.3, 0.4) is 0 Å². The number of likely N-dealkylation sites (tertiary alicyclic amines) is 1. The Morgan fingerprint density at radius 2 is 1.71 bits per heavy atom. The highest BCUT2D eigenvalue weighted by Crippen LogP contribution is 2.24. The van der Waals surface area contributed by atoms with Crippen LogP contribution in [0.5, 0.6) is 5.75 Å². The lowest BCUT2D eigenvalue weighted by Gasteiger charge is -2.25. The zero-order chi connectivity index (χ0) is 24.0. The van der Waals surface area contributed by atoms with E-state index in [0.29, 0.717) is 17.1 Å². The number of nitrogens with one attached hydrogen (secondary N) is 1. The van der Waals surface area contributed by atoms with Crippen molar-refractivity contribution >= 4 is 22.7 Å². The molecule has 0 saturated carbocycles. The third kappa shape index (κ3) is 5.99. The molecule has 0 amide bonds. The zero-order valence-corrected chi connectivity index (χ0v) is 20.4. The molecule has 1 N–H and O–H groups in total. The Labute approximate surface area is 206 Å². The number of rotatable bonds is 9. The van der Waals surface area contributed by atoms with Gasteiger partial charge >= 0.3 is 0 Å². The van der Waals surface area contributed by atoms with Crippen LogP contribution in [-0.2, 0) is 10.0 Å². The highest BCUT2D eigenvalue weighted by Gasteiger charge is 2.29. The first-order chi connectivity index (χ1) is 16.5. The molecule has 1 fully saturated rings. The van der Waals surface area contributed by atoms with Crippen LogP contribution in [0.25, 0.3) is 11.1 Å². The quantitative estimate of drug-likeness (QED) is 0.334. The topological polar surface area (TPSA) is 82.4 Å². The molecule has 1 atom stereocenters. The van der Waals surface area contributed by atoms with Gasteiger partial charge < -0.3 is 4.74 Å². The number of hydrogen-bond donors (Lipinski definition) is 2. The van der Waals surface area contributed by atoms with Crippen molar-refractivity contribution in [3.05, 3.63) is 78.4 Å². The normalized spacial score (nSPS) is 16.3. The Balaban J connectivity index is 1.26. The molecule has 8 heteroatoms. The minimum Gasteiger partial charge on any atom is -0.494 e. The summed E-state index contributed by atoms with van der Waals surface area (Å²) in [6, 6.07) is 24.2. The average Bonchev–Trinajstić information content (AvgIpc) is 3.28. The van der Waals surface area contributed by atoms with E-state index in [0.717, 1.165) is 49.2 Å². The minimum atomic E-state index is -3.63. The van der Waals surface area contributed by atoms with Crippen molar-refractivity contribution < 1.29 is 13.2 Å². The first-order valence-corrected chi connectivity index (χ1v) is 13.2. The average molecular weight is 494 g/mol. The molecular weight excluding hydrogens is 466 g/mol. The third-order valence-electron chi connectivity index (χ3n) is 5.87. The number of hydrogen-bond acceptors (Lipinski definition) is 6. The Kier molecular flexibility index (Phi) is 7.91. The number of benzene rings is 3. The lowest BCUT2D eigenvalue weighted by atomic mass is 10.0. The highest BCUT2D eigenvalue weighted by atomic mass is 32.2. The summed E-state index contributed by atoms with van der Waals surface area (Å²) < 4.78 is 34.3. The SMILES string of the molecule is N#Cc1ccc(-c2ccc(OCCCN3CCCC3NS(=O)(=O)c3ccccc3S)cc2)cc1. The number of nitriles is 1. The fourth-order valence-electron chi connectivity index (χ4n) is 4.09. The molecule has 34 heavy (non-hydrogen) atoms. The van der Waals surface area contributed by atoms with Crippen molar-refractivity contribution in [3.63, 3.8) is 0 Å². The van der Waals surface area contributed by atoms with Gasteiger partial charge in [0.15, 0.2) is 0 Å². The van der Waals surface area contributed by atoms with E-state index in [1.54, 1.807) is 24.3 Å². The molecular formula is C26H27N3O3S2. The second-order valence-electron chi connectivity index (χ2n) is 8.20. The first-order valence-electron chi connectivity index (χ1n) is 11.2.